The number of alkyl halides is 3. The van der Waals surface area contributed by atoms with Gasteiger partial charge < -0.3 is 14.6 Å². The molecule has 0 aliphatic heterocycles. The van der Waals surface area contributed by atoms with Gasteiger partial charge in [0.25, 0.3) is 11.8 Å². The van der Waals surface area contributed by atoms with Gasteiger partial charge in [-0.1, -0.05) is 11.2 Å². The third-order valence-electron chi connectivity index (χ3n) is 4.61. The number of amides is 2. The van der Waals surface area contributed by atoms with E-state index in [2.05, 4.69) is 31.3 Å². The summed E-state index contributed by atoms with van der Waals surface area (Å²) in [5.74, 6) is -0.566. The highest BCUT2D eigenvalue weighted by atomic mass is 19.4. The van der Waals surface area contributed by atoms with E-state index < -0.39 is 30.2 Å². The van der Waals surface area contributed by atoms with Gasteiger partial charge >= 0.3 is 12.2 Å². The average molecular weight is 498 g/mol. The lowest BCUT2D eigenvalue weighted by Gasteiger charge is -2.11. The Kier molecular flexibility index (Phi) is 7.09. The summed E-state index contributed by atoms with van der Waals surface area (Å²) in [5.41, 5.74) is 4.99. The minimum absolute atomic E-state index is 0.00733. The Labute approximate surface area is 201 Å². The Hall–Kier alpha value is -4.94. The molecule has 10 nitrogen and oxygen atoms in total. The van der Waals surface area contributed by atoms with Gasteiger partial charge in [-0.3, -0.25) is 20.0 Å². The summed E-state index contributed by atoms with van der Waals surface area (Å²) in [4.78, 5) is 32.3. The van der Waals surface area contributed by atoms with Crippen molar-refractivity contribution >= 4 is 23.5 Å². The van der Waals surface area contributed by atoms with E-state index in [9.17, 15) is 22.8 Å². The van der Waals surface area contributed by atoms with Crippen molar-refractivity contribution in [3.05, 3.63) is 84.2 Å². The molecule has 0 radical (unpaired) electrons. The second kappa shape index (κ2) is 10.5. The highest BCUT2D eigenvalue weighted by Crippen LogP contribution is 2.30. The minimum Gasteiger partial charge on any atom is -0.484 e. The van der Waals surface area contributed by atoms with Gasteiger partial charge in [0, 0.05) is 29.2 Å². The second-order valence-electron chi connectivity index (χ2n) is 7.18. The molecule has 2 heterocycles. The first kappa shape index (κ1) is 24.2. The molecule has 4 rings (SSSR count). The summed E-state index contributed by atoms with van der Waals surface area (Å²) in [5, 5.41) is 6.14. The van der Waals surface area contributed by atoms with Crippen molar-refractivity contribution in [2.75, 3.05) is 17.3 Å². The molecule has 2 aromatic carbocycles. The molecule has 36 heavy (non-hydrogen) atoms. The molecule has 0 spiro atoms. The number of nitrogens with zero attached hydrogens (tertiary/aromatic N) is 3. The van der Waals surface area contributed by atoms with E-state index in [1.54, 1.807) is 24.5 Å². The van der Waals surface area contributed by atoms with Gasteiger partial charge in [0.05, 0.1) is 5.56 Å². The van der Waals surface area contributed by atoms with Gasteiger partial charge in [0.2, 0.25) is 5.82 Å². The van der Waals surface area contributed by atoms with Gasteiger partial charge in [-0.15, -0.1) is 0 Å². The highest BCUT2D eigenvalue weighted by molar-refractivity contribution is 5.95. The smallest absolute Gasteiger partial charge is 0.416 e. The zero-order chi connectivity index (χ0) is 25.5. The first-order valence-electron chi connectivity index (χ1n) is 10.3. The molecule has 0 fully saturated rings. The Morgan fingerprint density at radius 3 is 2.47 bits per heavy atom. The van der Waals surface area contributed by atoms with E-state index in [4.69, 9.17) is 9.26 Å². The minimum atomic E-state index is -4.52. The van der Waals surface area contributed by atoms with Crippen LogP contribution in [0.1, 0.15) is 15.9 Å². The molecule has 184 valence electrons. The summed E-state index contributed by atoms with van der Waals surface area (Å²) in [6.07, 6.45) is -1.36. The fourth-order valence-electron chi connectivity index (χ4n) is 2.90. The molecule has 3 N–H and O–H groups in total. The number of hydrazine groups is 1. The van der Waals surface area contributed by atoms with Gasteiger partial charge in [-0.25, -0.2) is 5.43 Å². The topological polar surface area (TPSA) is 131 Å². The molecule has 2 amide bonds. The molecule has 0 saturated heterocycles. The molecule has 0 bridgehead atoms. The maximum atomic E-state index is 12.8. The highest BCUT2D eigenvalue weighted by Gasteiger charge is 2.30. The van der Waals surface area contributed by atoms with E-state index in [0.29, 0.717) is 11.4 Å². The zero-order valence-electron chi connectivity index (χ0n) is 18.2. The van der Waals surface area contributed by atoms with Crippen molar-refractivity contribution in [1.29, 1.82) is 0 Å². The van der Waals surface area contributed by atoms with Crippen LogP contribution in [-0.4, -0.2) is 33.5 Å². The van der Waals surface area contributed by atoms with Crippen molar-refractivity contribution in [2.24, 2.45) is 0 Å². The fraction of sp³-hybridized carbons (Fsp3) is 0.0870. The van der Waals surface area contributed by atoms with Gasteiger partial charge in [-0.2, -0.15) is 18.2 Å². The third kappa shape index (κ3) is 6.34. The average Bonchev–Trinajstić information content (AvgIpc) is 3.36. The van der Waals surface area contributed by atoms with Crippen molar-refractivity contribution in [1.82, 2.24) is 20.6 Å². The number of hydrogen-bond donors (Lipinski definition) is 3. The number of carbonyl (C=O) groups excluding carboxylic acids is 2. The number of anilines is 2. The molecule has 0 aliphatic carbocycles. The summed E-state index contributed by atoms with van der Waals surface area (Å²) in [6, 6.07) is 13.5. The van der Waals surface area contributed by atoms with Crippen LogP contribution in [0.3, 0.4) is 0 Å². The lowest BCUT2D eigenvalue weighted by Crippen LogP contribution is -2.29. The van der Waals surface area contributed by atoms with Gasteiger partial charge in [-0.05, 0) is 54.6 Å². The van der Waals surface area contributed by atoms with Crippen molar-refractivity contribution in [3.63, 3.8) is 0 Å². The number of carbonyl (C=O) groups is 2. The predicted molar refractivity (Wildman–Crippen MR) is 121 cm³/mol. The number of ether oxygens (including phenoxy) is 1. The van der Waals surface area contributed by atoms with Crippen LogP contribution < -0.4 is 20.9 Å². The van der Waals surface area contributed by atoms with Crippen LogP contribution in [-0.2, 0) is 11.0 Å². The standard InChI is InChI=1S/C23H17F3N6O4/c24-23(25,26)16-2-1-3-17(12-16)28-19(33)13-35-18-6-4-15(5-7-18)21(34)30-31-22-29-20(32-36-22)14-8-10-27-11-9-14/h1-12H,13H2,(H,28,33)(H,30,34)(H,29,31,32). The number of rotatable bonds is 8. The van der Waals surface area contributed by atoms with Crippen molar-refractivity contribution < 1.29 is 32.0 Å². The summed E-state index contributed by atoms with van der Waals surface area (Å²) >= 11 is 0. The Balaban J connectivity index is 1.25. The maximum Gasteiger partial charge on any atom is 0.416 e. The van der Waals surface area contributed by atoms with Crippen LogP contribution in [0.15, 0.2) is 77.6 Å². The Morgan fingerprint density at radius 1 is 1.00 bits per heavy atom. The molecule has 13 heteroatoms. The monoisotopic (exact) mass is 498 g/mol. The summed E-state index contributed by atoms with van der Waals surface area (Å²) in [6.45, 7) is -0.444. The third-order valence-corrected chi connectivity index (χ3v) is 4.61. The van der Waals surface area contributed by atoms with Crippen LogP contribution in [0.25, 0.3) is 11.4 Å². The fourth-order valence-corrected chi connectivity index (χ4v) is 2.90. The Morgan fingerprint density at radius 2 is 1.75 bits per heavy atom. The number of pyridine rings is 1. The van der Waals surface area contributed by atoms with Crippen molar-refractivity contribution in [3.8, 4) is 17.1 Å². The number of halogens is 3. The molecule has 0 unspecified atom stereocenters. The predicted octanol–water partition coefficient (Wildman–Crippen LogP) is 3.92. The quantitative estimate of drug-likeness (QED) is 0.312. The van der Waals surface area contributed by atoms with E-state index in [0.717, 1.165) is 12.1 Å². The lowest BCUT2D eigenvalue weighted by molar-refractivity contribution is -0.137. The first-order chi connectivity index (χ1) is 17.3. The molecule has 2 aromatic heterocycles. The molecule has 0 saturated carbocycles. The number of aromatic nitrogens is 3. The second-order valence-corrected chi connectivity index (χ2v) is 7.18. The Bertz CT molecular complexity index is 1340. The van der Waals surface area contributed by atoms with Gasteiger partial charge in [0.1, 0.15) is 5.75 Å². The molecular weight excluding hydrogens is 481 g/mol. The molecule has 4 aromatic rings. The van der Waals surface area contributed by atoms with Crippen LogP contribution in [0.2, 0.25) is 0 Å². The number of nitrogens with one attached hydrogen (secondary N) is 3. The van der Waals surface area contributed by atoms with E-state index in [1.807, 2.05) is 0 Å². The number of benzene rings is 2. The summed E-state index contributed by atoms with van der Waals surface area (Å²) < 4.78 is 48.7. The van der Waals surface area contributed by atoms with Crippen LogP contribution in [0.4, 0.5) is 24.9 Å². The molecular formula is C23H17F3N6O4. The molecule has 0 atom stereocenters. The van der Waals surface area contributed by atoms with Crippen LogP contribution in [0.5, 0.6) is 5.75 Å². The first-order valence-corrected chi connectivity index (χ1v) is 10.3. The van der Waals surface area contributed by atoms with E-state index >= 15 is 0 Å². The summed E-state index contributed by atoms with van der Waals surface area (Å²) in [7, 11) is 0. The van der Waals surface area contributed by atoms with E-state index in [-0.39, 0.29) is 23.0 Å². The van der Waals surface area contributed by atoms with Crippen molar-refractivity contribution in [2.45, 2.75) is 6.18 Å². The number of hydrogen-bond acceptors (Lipinski definition) is 8. The van der Waals surface area contributed by atoms with Gasteiger partial charge in [0.15, 0.2) is 6.61 Å². The van der Waals surface area contributed by atoms with Crippen LogP contribution >= 0.6 is 0 Å². The molecule has 0 aliphatic rings. The van der Waals surface area contributed by atoms with Crippen LogP contribution in [0, 0.1) is 0 Å². The zero-order valence-corrected chi connectivity index (χ0v) is 18.2. The largest absolute Gasteiger partial charge is 0.484 e. The van der Waals surface area contributed by atoms with E-state index in [1.165, 1.54) is 36.4 Å². The lowest BCUT2D eigenvalue weighted by atomic mass is 10.2. The maximum absolute atomic E-state index is 12.8. The SMILES string of the molecule is O=C(COc1ccc(C(=O)NNc2nc(-c3ccncc3)no2)cc1)Nc1cccc(C(F)(F)F)c1. The normalized spacial score (nSPS) is 11.0.